The third kappa shape index (κ3) is 5.33. The van der Waals surface area contributed by atoms with Crippen LogP contribution in [0.2, 0.25) is 0 Å². The lowest BCUT2D eigenvalue weighted by molar-refractivity contribution is -0.128. The molecule has 2 N–H and O–H groups in total. The molecule has 1 amide bonds. The van der Waals surface area contributed by atoms with Crippen LogP contribution >= 0.6 is 23.1 Å². The molecule has 1 aromatic heterocycles. The highest BCUT2D eigenvalue weighted by Crippen LogP contribution is 2.25. The van der Waals surface area contributed by atoms with E-state index in [9.17, 15) is 9.59 Å². The molecule has 28 heavy (non-hydrogen) atoms. The van der Waals surface area contributed by atoms with Crippen molar-refractivity contribution in [1.29, 1.82) is 0 Å². The molecule has 6 nitrogen and oxygen atoms in total. The number of thioether (sulfide) groups is 1. The number of carboxylic acids is 1. The van der Waals surface area contributed by atoms with E-state index in [1.807, 2.05) is 4.90 Å². The predicted molar refractivity (Wildman–Crippen MR) is 112 cm³/mol. The van der Waals surface area contributed by atoms with Gasteiger partial charge >= 0.3 is 5.97 Å². The Morgan fingerprint density at radius 1 is 1.43 bits per heavy atom. The van der Waals surface area contributed by atoms with Crippen LogP contribution in [-0.4, -0.2) is 51.8 Å². The number of hydrogen-bond donors (Lipinski definition) is 2. The van der Waals surface area contributed by atoms with Gasteiger partial charge in [0.05, 0.1) is 0 Å². The number of benzene rings is 1. The van der Waals surface area contributed by atoms with E-state index in [2.05, 4.69) is 48.4 Å². The van der Waals surface area contributed by atoms with E-state index in [4.69, 9.17) is 5.11 Å². The van der Waals surface area contributed by atoms with Crippen LogP contribution in [0.25, 0.3) is 0 Å². The molecule has 3 rings (SSSR count). The Labute approximate surface area is 173 Å². The second-order valence-electron chi connectivity index (χ2n) is 6.97. The molecule has 2 atom stereocenters. The summed E-state index contributed by atoms with van der Waals surface area (Å²) in [7, 11) is 0. The lowest BCUT2D eigenvalue weighted by Crippen LogP contribution is -2.41. The fraction of sp³-hybridized carbons (Fsp3) is 0.450. The Balaban J connectivity index is 1.48. The first-order valence-electron chi connectivity index (χ1n) is 9.35. The summed E-state index contributed by atoms with van der Waals surface area (Å²) in [5.74, 6) is -0.102. The maximum absolute atomic E-state index is 12.3. The van der Waals surface area contributed by atoms with Gasteiger partial charge in [0, 0.05) is 42.7 Å². The lowest BCUT2D eigenvalue weighted by atomic mass is 10.1. The summed E-state index contributed by atoms with van der Waals surface area (Å²) in [4.78, 5) is 29.2. The van der Waals surface area contributed by atoms with E-state index in [0.717, 1.165) is 17.3 Å². The van der Waals surface area contributed by atoms with E-state index in [1.54, 1.807) is 5.38 Å². The Hall–Kier alpha value is -1.90. The van der Waals surface area contributed by atoms with Gasteiger partial charge in [-0.1, -0.05) is 41.6 Å². The van der Waals surface area contributed by atoms with Gasteiger partial charge in [0.1, 0.15) is 0 Å². The van der Waals surface area contributed by atoms with Crippen molar-refractivity contribution in [2.24, 2.45) is 0 Å². The molecule has 1 aromatic carbocycles. The highest BCUT2D eigenvalue weighted by molar-refractivity contribution is 8.01. The Morgan fingerprint density at radius 2 is 2.18 bits per heavy atom. The second-order valence-corrected chi connectivity index (χ2v) is 9.17. The van der Waals surface area contributed by atoms with Crippen molar-refractivity contribution < 1.29 is 14.7 Å². The summed E-state index contributed by atoms with van der Waals surface area (Å²) in [5, 5.41) is 14.0. The van der Waals surface area contributed by atoms with Gasteiger partial charge in [-0.3, -0.25) is 4.79 Å². The summed E-state index contributed by atoms with van der Waals surface area (Å²) in [6, 6.07) is 8.94. The fourth-order valence-electron chi connectivity index (χ4n) is 3.25. The zero-order valence-electron chi connectivity index (χ0n) is 16.1. The number of hydrogen-bond acceptors (Lipinski definition) is 6. The number of carbonyl (C=O) groups excluding carboxylic acids is 1. The van der Waals surface area contributed by atoms with E-state index >= 15 is 0 Å². The van der Waals surface area contributed by atoms with Gasteiger partial charge in [-0.15, -0.1) is 11.3 Å². The molecule has 150 valence electrons. The third-order valence-corrected chi connectivity index (χ3v) is 6.95. The van der Waals surface area contributed by atoms with Crippen LogP contribution in [0.5, 0.6) is 0 Å². The van der Waals surface area contributed by atoms with Crippen molar-refractivity contribution in [3.63, 3.8) is 0 Å². The Bertz CT molecular complexity index is 822. The largest absolute Gasteiger partial charge is 0.476 e. The summed E-state index contributed by atoms with van der Waals surface area (Å²) < 4.78 is 0.728. The average Bonchev–Trinajstić information content (AvgIpc) is 3.28. The molecule has 2 heterocycles. The molecule has 2 aromatic rings. The number of carboxylic acid groups (broad SMARTS) is 1. The molecule has 8 heteroatoms. The van der Waals surface area contributed by atoms with Crippen molar-refractivity contribution in [2.45, 2.75) is 43.1 Å². The monoisotopic (exact) mass is 419 g/mol. The molecular formula is C20H25N3O3S2. The molecule has 1 aliphatic rings. The Kier molecular flexibility index (Phi) is 7.09. The smallest absolute Gasteiger partial charge is 0.355 e. The number of aromatic carboxylic acids is 1. The lowest BCUT2D eigenvalue weighted by Gasteiger charge is -2.26. The molecule has 1 aliphatic heterocycles. The minimum Gasteiger partial charge on any atom is -0.476 e. The SMILES string of the molecule is Cc1ccc(C(C)NC[C@H]2CCC(=O)N2CCSc2nc(C(=O)O)cs2)cc1. The van der Waals surface area contributed by atoms with E-state index < -0.39 is 5.97 Å². The highest BCUT2D eigenvalue weighted by atomic mass is 32.2. The number of amides is 1. The van der Waals surface area contributed by atoms with Gasteiger partial charge in [-0.05, 0) is 25.8 Å². The standard InChI is InChI=1S/C20H25N3O3S2/c1-13-3-5-15(6-4-13)14(2)21-11-16-7-8-18(24)23(16)9-10-27-20-22-17(12-28-20)19(25)26/h3-6,12,14,16,21H,7-11H2,1-2H3,(H,25,26)/t14?,16-/m1/s1. The molecule has 0 radical (unpaired) electrons. The van der Waals surface area contributed by atoms with Crippen molar-refractivity contribution in [3.8, 4) is 0 Å². The minimum absolute atomic E-state index is 0.0805. The number of nitrogens with zero attached hydrogens (tertiary/aromatic N) is 2. The quantitative estimate of drug-likeness (QED) is 0.605. The molecular weight excluding hydrogens is 394 g/mol. The van der Waals surface area contributed by atoms with Crippen LogP contribution in [0, 0.1) is 6.92 Å². The number of likely N-dealkylation sites (tertiary alicyclic amines) is 1. The van der Waals surface area contributed by atoms with Crippen LogP contribution in [-0.2, 0) is 4.79 Å². The second kappa shape index (κ2) is 9.54. The molecule has 1 fully saturated rings. The van der Waals surface area contributed by atoms with Gasteiger partial charge in [0.2, 0.25) is 5.91 Å². The Morgan fingerprint density at radius 3 is 2.86 bits per heavy atom. The zero-order chi connectivity index (χ0) is 20.1. The number of carbonyl (C=O) groups is 2. The first kappa shape index (κ1) is 20.8. The van der Waals surface area contributed by atoms with E-state index in [0.29, 0.717) is 18.7 Å². The van der Waals surface area contributed by atoms with Crippen LogP contribution in [0.4, 0.5) is 0 Å². The molecule has 0 bridgehead atoms. The van der Waals surface area contributed by atoms with Gasteiger partial charge in [0.15, 0.2) is 10.0 Å². The number of aryl methyl sites for hydroxylation is 1. The molecule has 0 spiro atoms. The summed E-state index contributed by atoms with van der Waals surface area (Å²) in [5.41, 5.74) is 2.57. The zero-order valence-corrected chi connectivity index (χ0v) is 17.7. The van der Waals surface area contributed by atoms with Gasteiger partial charge < -0.3 is 15.3 Å². The number of rotatable bonds is 9. The predicted octanol–water partition coefficient (Wildman–Crippen LogP) is 3.58. The first-order chi connectivity index (χ1) is 13.4. The van der Waals surface area contributed by atoms with Crippen molar-refractivity contribution in [2.75, 3.05) is 18.8 Å². The summed E-state index contributed by atoms with van der Waals surface area (Å²) in [6.45, 7) is 5.64. The fourth-order valence-corrected chi connectivity index (χ4v) is 5.06. The molecule has 1 unspecified atom stereocenters. The van der Waals surface area contributed by atoms with Crippen LogP contribution in [0.3, 0.4) is 0 Å². The van der Waals surface area contributed by atoms with Crippen molar-refractivity contribution in [3.05, 3.63) is 46.5 Å². The molecule has 1 saturated heterocycles. The molecule has 0 aliphatic carbocycles. The number of nitrogens with one attached hydrogen (secondary N) is 1. The van der Waals surface area contributed by atoms with Gasteiger partial charge in [-0.25, -0.2) is 9.78 Å². The first-order valence-corrected chi connectivity index (χ1v) is 11.2. The minimum atomic E-state index is -1.01. The normalized spacial score (nSPS) is 17.9. The van der Waals surface area contributed by atoms with Crippen LogP contribution in [0.15, 0.2) is 34.0 Å². The third-order valence-electron chi connectivity index (χ3n) is 4.95. The van der Waals surface area contributed by atoms with Crippen molar-refractivity contribution >= 4 is 35.0 Å². The number of aromatic nitrogens is 1. The summed E-state index contributed by atoms with van der Waals surface area (Å²) >= 11 is 2.83. The topological polar surface area (TPSA) is 82.5 Å². The van der Waals surface area contributed by atoms with Gasteiger partial charge in [-0.2, -0.15) is 0 Å². The summed E-state index contributed by atoms with van der Waals surface area (Å²) in [6.07, 6.45) is 1.47. The number of thiazole rings is 1. The molecule has 0 saturated carbocycles. The average molecular weight is 420 g/mol. The maximum Gasteiger partial charge on any atom is 0.355 e. The van der Waals surface area contributed by atoms with Crippen LogP contribution in [0.1, 0.15) is 47.4 Å². The van der Waals surface area contributed by atoms with Crippen LogP contribution < -0.4 is 5.32 Å². The highest BCUT2D eigenvalue weighted by Gasteiger charge is 2.30. The van der Waals surface area contributed by atoms with Crippen molar-refractivity contribution in [1.82, 2.24) is 15.2 Å². The van der Waals surface area contributed by atoms with Gasteiger partial charge in [0.25, 0.3) is 0 Å². The van der Waals surface area contributed by atoms with E-state index in [-0.39, 0.29) is 23.7 Å². The van der Waals surface area contributed by atoms with E-state index in [1.165, 1.54) is 34.2 Å². The maximum atomic E-state index is 12.3.